The molecule has 0 spiro atoms. The molecule has 0 saturated carbocycles. The summed E-state index contributed by atoms with van der Waals surface area (Å²) in [5, 5.41) is 0. The molecular formula is C25H36O4. The molecule has 0 heterocycles. The Labute approximate surface area is 176 Å². The molecule has 4 nitrogen and oxygen atoms in total. The summed E-state index contributed by atoms with van der Waals surface area (Å²) in [5.74, 6) is -0.399. The van der Waals surface area contributed by atoms with Crippen molar-refractivity contribution in [3.05, 3.63) is 54.1 Å². The maximum atomic E-state index is 11.9. The normalized spacial score (nSPS) is 11.4. The van der Waals surface area contributed by atoms with Crippen molar-refractivity contribution in [1.82, 2.24) is 0 Å². The summed E-state index contributed by atoms with van der Waals surface area (Å²) in [6.07, 6.45) is 16.1. The molecule has 0 saturated heterocycles. The summed E-state index contributed by atoms with van der Waals surface area (Å²) in [4.78, 5) is 23.6. The molecule has 0 aliphatic heterocycles. The van der Waals surface area contributed by atoms with Gasteiger partial charge in [-0.2, -0.15) is 0 Å². The van der Waals surface area contributed by atoms with Gasteiger partial charge in [-0.3, -0.25) is 0 Å². The van der Waals surface area contributed by atoms with E-state index in [4.69, 9.17) is 9.47 Å². The Morgan fingerprint density at radius 1 is 0.897 bits per heavy atom. The molecule has 0 N–H and O–H groups in total. The van der Waals surface area contributed by atoms with Gasteiger partial charge in [0, 0.05) is 12.2 Å². The zero-order chi connectivity index (χ0) is 21.3. The SMILES string of the molecule is CCCCCCCCC/C=C/COC(=O)/C=C/C(=O)Oc1ccccc1C(C)C. The van der Waals surface area contributed by atoms with E-state index in [1.807, 2.05) is 44.2 Å². The van der Waals surface area contributed by atoms with Crippen LogP contribution in [0.1, 0.15) is 83.6 Å². The Kier molecular flexibility index (Phi) is 13.2. The van der Waals surface area contributed by atoms with Crippen LogP contribution in [0.25, 0.3) is 0 Å². The molecule has 0 bridgehead atoms. The highest BCUT2D eigenvalue weighted by atomic mass is 16.5. The van der Waals surface area contributed by atoms with E-state index in [9.17, 15) is 9.59 Å². The molecule has 0 amide bonds. The first-order valence-electron chi connectivity index (χ1n) is 10.8. The van der Waals surface area contributed by atoms with Crippen molar-refractivity contribution in [2.45, 2.75) is 78.1 Å². The summed E-state index contributed by atoms with van der Waals surface area (Å²) in [5.41, 5.74) is 0.947. The Hall–Kier alpha value is -2.36. The van der Waals surface area contributed by atoms with Crippen LogP contribution in [0.3, 0.4) is 0 Å². The van der Waals surface area contributed by atoms with E-state index in [-0.39, 0.29) is 12.5 Å². The Morgan fingerprint density at radius 3 is 2.28 bits per heavy atom. The topological polar surface area (TPSA) is 52.6 Å². The molecule has 4 heteroatoms. The number of para-hydroxylation sites is 1. The molecular weight excluding hydrogens is 364 g/mol. The van der Waals surface area contributed by atoms with Crippen molar-refractivity contribution in [3.63, 3.8) is 0 Å². The zero-order valence-corrected chi connectivity index (χ0v) is 18.2. The molecule has 0 aliphatic carbocycles. The lowest BCUT2D eigenvalue weighted by Crippen LogP contribution is -2.08. The van der Waals surface area contributed by atoms with Gasteiger partial charge in [0.15, 0.2) is 0 Å². The van der Waals surface area contributed by atoms with Crippen LogP contribution >= 0.6 is 0 Å². The van der Waals surface area contributed by atoms with E-state index < -0.39 is 11.9 Å². The molecule has 160 valence electrons. The third kappa shape index (κ3) is 11.9. The number of unbranched alkanes of at least 4 members (excludes halogenated alkanes) is 7. The highest BCUT2D eigenvalue weighted by Crippen LogP contribution is 2.25. The van der Waals surface area contributed by atoms with Crippen LogP contribution in [0.5, 0.6) is 5.75 Å². The van der Waals surface area contributed by atoms with Crippen molar-refractivity contribution < 1.29 is 19.1 Å². The second kappa shape index (κ2) is 15.5. The molecule has 1 aromatic rings. The number of ether oxygens (including phenoxy) is 2. The third-order valence-corrected chi connectivity index (χ3v) is 4.57. The number of hydrogen-bond donors (Lipinski definition) is 0. The maximum Gasteiger partial charge on any atom is 0.336 e. The molecule has 0 aromatic heterocycles. The summed E-state index contributed by atoms with van der Waals surface area (Å²) in [7, 11) is 0. The van der Waals surface area contributed by atoms with Gasteiger partial charge in [0.25, 0.3) is 0 Å². The van der Waals surface area contributed by atoms with Gasteiger partial charge in [-0.25, -0.2) is 9.59 Å². The van der Waals surface area contributed by atoms with Crippen LogP contribution in [0.15, 0.2) is 48.6 Å². The first kappa shape index (κ1) is 24.7. The zero-order valence-electron chi connectivity index (χ0n) is 18.2. The molecule has 0 atom stereocenters. The second-order valence-corrected chi connectivity index (χ2v) is 7.46. The predicted molar refractivity (Wildman–Crippen MR) is 118 cm³/mol. The van der Waals surface area contributed by atoms with E-state index in [1.54, 1.807) is 6.07 Å². The van der Waals surface area contributed by atoms with Crippen molar-refractivity contribution in [1.29, 1.82) is 0 Å². The fourth-order valence-electron chi connectivity index (χ4n) is 2.91. The minimum absolute atomic E-state index is 0.213. The number of esters is 2. The number of hydrogen-bond acceptors (Lipinski definition) is 4. The van der Waals surface area contributed by atoms with Crippen LogP contribution in [-0.2, 0) is 14.3 Å². The molecule has 1 aromatic carbocycles. The van der Waals surface area contributed by atoms with Crippen LogP contribution in [0, 0.1) is 0 Å². The highest BCUT2D eigenvalue weighted by Gasteiger charge is 2.09. The van der Waals surface area contributed by atoms with Crippen LogP contribution < -0.4 is 4.74 Å². The molecule has 1 rings (SSSR count). The van der Waals surface area contributed by atoms with E-state index in [1.165, 1.54) is 44.9 Å². The van der Waals surface area contributed by atoms with Gasteiger partial charge in [-0.15, -0.1) is 0 Å². The average molecular weight is 401 g/mol. The van der Waals surface area contributed by atoms with Gasteiger partial charge in [0.1, 0.15) is 12.4 Å². The van der Waals surface area contributed by atoms with Crippen molar-refractivity contribution >= 4 is 11.9 Å². The van der Waals surface area contributed by atoms with Crippen LogP contribution in [0.4, 0.5) is 0 Å². The highest BCUT2D eigenvalue weighted by molar-refractivity contribution is 5.92. The average Bonchev–Trinajstić information content (AvgIpc) is 2.70. The fraction of sp³-hybridized carbons (Fsp3) is 0.520. The lowest BCUT2D eigenvalue weighted by atomic mass is 10.0. The molecule has 29 heavy (non-hydrogen) atoms. The molecule has 0 unspecified atom stereocenters. The molecule has 0 radical (unpaired) electrons. The van der Waals surface area contributed by atoms with Crippen molar-refractivity contribution in [2.75, 3.05) is 6.61 Å². The van der Waals surface area contributed by atoms with Gasteiger partial charge in [-0.05, 0) is 30.4 Å². The van der Waals surface area contributed by atoms with E-state index >= 15 is 0 Å². The standard InChI is InChI=1S/C25H36O4/c1-4-5-6-7-8-9-10-11-12-15-20-28-24(26)18-19-25(27)29-23-17-14-13-16-22(23)21(2)3/h12-19,21H,4-11,20H2,1-3H3/b15-12+,19-18+. The Balaban J connectivity index is 2.19. The van der Waals surface area contributed by atoms with Gasteiger partial charge in [0.2, 0.25) is 0 Å². The summed E-state index contributed by atoms with van der Waals surface area (Å²) in [6, 6.07) is 7.38. The molecule has 0 aliphatic rings. The smallest absolute Gasteiger partial charge is 0.336 e. The minimum Gasteiger partial charge on any atom is -0.458 e. The minimum atomic E-state index is -0.593. The second-order valence-electron chi connectivity index (χ2n) is 7.46. The largest absolute Gasteiger partial charge is 0.458 e. The van der Waals surface area contributed by atoms with Crippen LogP contribution in [0.2, 0.25) is 0 Å². The van der Waals surface area contributed by atoms with Crippen molar-refractivity contribution in [2.24, 2.45) is 0 Å². The van der Waals surface area contributed by atoms with E-state index in [0.717, 1.165) is 24.1 Å². The lowest BCUT2D eigenvalue weighted by Gasteiger charge is -2.11. The number of carbonyl (C=O) groups is 2. The van der Waals surface area contributed by atoms with Gasteiger partial charge in [-0.1, -0.05) is 89.6 Å². The Morgan fingerprint density at radius 2 is 1.55 bits per heavy atom. The summed E-state index contributed by atoms with van der Waals surface area (Å²) >= 11 is 0. The first-order valence-corrected chi connectivity index (χ1v) is 10.8. The summed E-state index contributed by atoms with van der Waals surface area (Å²) in [6.45, 7) is 6.50. The van der Waals surface area contributed by atoms with Crippen molar-refractivity contribution in [3.8, 4) is 5.75 Å². The maximum absolute atomic E-state index is 11.9. The van der Waals surface area contributed by atoms with Crippen LogP contribution in [-0.4, -0.2) is 18.5 Å². The van der Waals surface area contributed by atoms with E-state index in [0.29, 0.717) is 5.75 Å². The quantitative estimate of drug-likeness (QED) is 0.117. The van der Waals surface area contributed by atoms with Gasteiger partial charge >= 0.3 is 11.9 Å². The fourth-order valence-corrected chi connectivity index (χ4v) is 2.91. The number of allylic oxidation sites excluding steroid dienone is 1. The first-order chi connectivity index (χ1) is 14.0. The molecule has 0 fully saturated rings. The van der Waals surface area contributed by atoms with Gasteiger partial charge < -0.3 is 9.47 Å². The predicted octanol–water partition coefficient (Wildman–Crippen LogP) is 6.51. The van der Waals surface area contributed by atoms with Gasteiger partial charge in [0.05, 0.1) is 0 Å². The summed E-state index contributed by atoms with van der Waals surface area (Å²) < 4.78 is 10.4. The number of rotatable bonds is 14. The Bertz CT molecular complexity index is 659. The number of carbonyl (C=O) groups excluding carboxylic acids is 2. The number of benzene rings is 1. The lowest BCUT2D eigenvalue weighted by molar-refractivity contribution is -0.137. The monoisotopic (exact) mass is 400 g/mol. The van der Waals surface area contributed by atoms with E-state index in [2.05, 4.69) is 6.92 Å². The third-order valence-electron chi connectivity index (χ3n) is 4.57.